The van der Waals surface area contributed by atoms with Crippen molar-refractivity contribution in [3.63, 3.8) is 0 Å². The maximum Gasteiger partial charge on any atom is 0.175 e. The molecule has 0 N–H and O–H groups in total. The normalized spacial score (nSPS) is 14.7. The van der Waals surface area contributed by atoms with Gasteiger partial charge < -0.3 is 9.47 Å². The summed E-state index contributed by atoms with van der Waals surface area (Å²) in [5.41, 5.74) is 0.535. The molecule has 94 valence electrons. The molecule has 0 saturated heterocycles. The van der Waals surface area contributed by atoms with Crippen molar-refractivity contribution < 1.29 is 14.3 Å². The van der Waals surface area contributed by atoms with E-state index in [4.69, 9.17) is 14.7 Å². The first-order chi connectivity index (χ1) is 8.61. The third kappa shape index (κ3) is 2.65. The SMILES string of the molecule is CC(C#N)CC(=O)c1cc(Br)c2c(c1)OCCO2. The van der Waals surface area contributed by atoms with Crippen molar-refractivity contribution in [1.29, 1.82) is 5.26 Å². The number of rotatable bonds is 3. The highest BCUT2D eigenvalue weighted by molar-refractivity contribution is 9.10. The molecule has 1 atom stereocenters. The molecule has 1 aliphatic heterocycles. The van der Waals surface area contributed by atoms with Crippen LogP contribution in [0, 0.1) is 17.2 Å². The number of hydrogen-bond donors (Lipinski definition) is 0. The smallest absolute Gasteiger partial charge is 0.175 e. The molecule has 0 amide bonds. The van der Waals surface area contributed by atoms with Gasteiger partial charge >= 0.3 is 0 Å². The Morgan fingerprint density at radius 3 is 2.94 bits per heavy atom. The minimum atomic E-state index is -0.288. The monoisotopic (exact) mass is 309 g/mol. The van der Waals surface area contributed by atoms with Crippen LogP contribution >= 0.6 is 15.9 Å². The van der Waals surface area contributed by atoms with Crippen LogP contribution in [-0.2, 0) is 0 Å². The molecule has 1 aromatic carbocycles. The van der Waals surface area contributed by atoms with Gasteiger partial charge in [0.2, 0.25) is 0 Å². The number of carbonyl (C=O) groups is 1. The van der Waals surface area contributed by atoms with Crippen LogP contribution < -0.4 is 9.47 Å². The number of hydrogen-bond acceptors (Lipinski definition) is 4. The number of ketones is 1. The summed E-state index contributed by atoms with van der Waals surface area (Å²) in [7, 11) is 0. The standard InChI is InChI=1S/C13H12BrNO3/c1-8(7-15)4-11(16)9-5-10(14)13-12(6-9)17-2-3-18-13/h5-6,8H,2-4H2,1H3. The summed E-state index contributed by atoms with van der Waals surface area (Å²) in [5.74, 6) is 0.848. The predicted octanol–water partition coefficient (Wildman–Crippen LogP) is 2.95. The van der Waals surface area contributed by atoms with E-state index in [1.165, 1.54) is 0 Å². The quantitative estimate of drug-likeness (QED) is 0.805. The average molecular weight is 310 g/mol. The second kappa shape index (κ2) is 5.40. The van der Waals surface area contributed by atoms with E-state index in [9.17, 15) is 4.79 Å². The van der Waals surface area contributed by atoms with Crippen LogP contribution in [0.15, 0.2) is 16.6 Å². The second-order valence-corrected chi connectivity index (χ2v) is 4.99. The molecule has 0 aliphatic carbocycles. The zero-order valence-corrected chi connectivity index (χ0v) is 11.5. The first kappa shape index (κ1) is 12.9. The van der Waals surface area contributed by atoms with Crippen molar-refractivity contribution in [2.24, 2.45) is 5.92 Å². The van der Waals surface area contributed by atoms with Crippen LogP contribution in [0.25, 0.3) is 0 Å². The number of Topliss-reactive ketones (excluding diaryl/α,β-unsaturated/α-hetero) is 1. The highest BCUT2D eigenvalue weighted by Gasteiger charge is 2.19. The largest absolute Gasteiger partial charge is 0.486 e. The van der Waals surface area contributed by atoms with Gasteiger partial charge in [0.05, 0.1) is 16.5 Å². The van der Waals surface area contributed by atoms with Gasteiger partial charge in [-0.15, -0.1) is 0 Å². The fourth-order valence-corrected chi connectivity index (χ4v) is 2.27. The summed E-state index contributed by atoms with van der Waals surface area (Å²) in [6, 6.07) is 5.43. The van der Waals surface area contributed by atoms with E-state index in [1.54, 1.807) is 19.1 Å². The van der Waals surface area contributed by atoms with Crippen molar-refractivity contribution in [2.45, 2.75) is 13.3 Å². The molecule has 4 nitrogen and oxygen atoms in total. The molecule has 5 heteroatoms. The van der Waals surface area contributed by atoms with E-state index >= 15 is 0 Å². The van der Waals surface area contributed by atoms with Gasteiger partial charge in [0, 0.05) is 12.0 Å². The van der Waals surface area contributed by atoms with E-state index in [1.807, 2.05) is 0 Å². The Morgan fingerprint density at radius 2 is 2.22 bits per heavy atom. The van der Waals surface area contributed by atoms with Gasteiger partial charge in [0.25, 0.3) is 0 Å². The van der Waals surface area contributed by atoms with Crippen LogP contribution in [0.4, 0.5) is 0 Å². The molecule has 0 radical (unpaired) electrons. The van der Waals surface area contributed by atoms with E-state index < -0.39 is 0 Å². The Balaban J connectivity index is 2.27. The Morgan fingerprint density at radius 1 is 1.50 bits per heavy atom. The molecule has 18 heavy (non-hydrogen) atoms. The van der Waals surface area contributed by atoms with Crippen molar-refractivity contribution >= 4 is 21.7 Å². The lowest BCUT2D eigenvalue weighted by Gasteiger charge is -2.20. The maximum atomic E-state index is 12.0. The molecule has 0 spiro atoms. The molecule has 1 aliphatic rings. The third-order valence-corrected chi connectivity index (χ3v) is 3.22. The first-order valence-electron chi connectivity index (χ1n) is 5.63. The minimum Gasteiger partial charge on any atom is -0.486 e. The Kier molecular flexibility index (Phi) is 3.87. The van der Waals surface area contributed by atoms with Gasteiger partial charge in [0.15, 0.2) is 17.3 Å². The van der Waals surface area contributed by atoms with Crippen LogP contribution in [-0.4, -0.2) is 19.0 Å². The molecule has 0 saturated carbocycles. The summed E-state index contributed by atoms with van der Waals surface area (Å²) in [5, 5.41) is 8.72. The number of benzene rings is 1. The van der Waals surface area contributed by atoms with Gasteiger partial charge in [-0.2, -0.15) is 5.26 Å². The highest BCUT2D eigenvalue weighted by Crippen LogP contribution is 2.38. The summed E-state index contributed by atoms with van der Waals surface area (Å²) in [4.78, 5) is 12.0. The number of ether oxygens (including phenoxy) is 2. The van der Waals surface area contributed by atoms with Crippen LogP contribution in [0.5, 0.6) is 11.5 Å². The molecule has 1 aromatic rings. The number of carbonyl (C=O) groups excluding carboxylic acids is 1. The topological polar surface area (TPSA) is 59.3 Å². The molecule has 1 heterocycles. The second-order valence-electron chi connectivity index (χ2n) is 4.14. The third-order valence-electron chi connectivity index (χ3n) is 2.63. The minimum absolute atomic E-state index is 0.0678. The van der Waals surface area contributed by atoms with Crippen molar-refractivity contribution in [3.8, 4) is 17.6 Å². The first-order valence-corrected chi connectivity index (χ1v) is 6.43. The highest BCUT2D eigenvalue weighted by atomic mass is 79.9. The van der Waals surface area contributed by atoms with Crippen molar-refractivity contribution in [3.05, 3.63) is 22.2 Å². The zero-order valence-electron chi connectivity index (χ0n) is 9.90. The lowest BCUT2D eigenvalue weighted by atomic mass is 10.0. The Bertz CT molecular complexity index is 522. The number of nitriles is 1. The van der Waals surface area contributed by atoms with E-state index in [0.29, 0.717) is 34.7 Å². The lowest BCUT2D eigenvalue weighted by Crippen LogP contribution is -2.16. The molecular formula is C13H12BrNO3. The number of nitrogens with zero attached hydrogens (tertiary/aromatic N) is 1. The van der Waals surface area contributed by atoms with Crippen molar-refractivity contribution in [1.82, 2.24) is 0 Å². The Labute approximate surface area is 114 Å². The number of fused-ring (bicyclic) bond motifs is 1. The van der Waals surface area contributed by atoms with Gasteiger partial charge in [-0.25, -0.2) is 0 Å². The van der Waals surface area contributed by atoms with Gasteiger partial charge in [-0.3, -0.25) is 4.79 Å². The lowest BCUT2D eigenvalue weighted by molar-refractivity contribution is 0.0971. The van der Waals surface area contributed by atoms with Crippen LogP contribution in [0.2, 0.25) is 0 Å². The van der Waals surface area contributed by atoms with Gasteiger partial charge in [-0.05, 0) is 35.0 Å². The molecule has 2 rings (SSSR count). The van der Waals surface area contributed by atoms with E-state index in [0.717, 1.165) is 0 Å². The van der Waals surface area contributed by atoms with Crippen molar-refractivity contribution in [2.75, 3.05) is 13.2 Å². The molecule has 1 unspecified atom stereocenters. The van der Waals surface area contributed by atoms with E-state index in [-0.39, 0.29) is 18.1 Å². The molecular weight excluding hydrogens is 298 g/mol. The molecule has 0 fully saturated rings. The fourth-order valence-electron chi connectivity index (χ4n) is 1.71. The summed E-state index contributed by atoms with van der Waals surface area (Å²) < 4.78 is 11.6. The molecule has 0 aromatic heterocycles. The summed E-state index contributed by atoms with van der Waals surface area (Å²) in [6.45, 7) is 2.71. The molecule has 0 bridgehead atoms. The summed E-state index contributed by atoms with van der Waals surface area (Å²) >= 11 is 3.36. The predicted molar refractivity (Wildman–Crippen MR) is 68.9 cm³/mol. The average Bonchev–Trinajstić information content (AvgIpc) is 2.38. The fraction of sp³-hybridized carbons (Fsp3) is 0.385. The maximum absolute atomic E-state index is 12.0. The number of halogens is 1. The Hall–Kier alpha value is -1.54. The van der Waals surface area contributed by atoms with Gasteiger partial charge in [0.1, 0.15) is 13.2 Å². The van der Waals surface area contributed by atoms with Crippen LogP contribution in [0.1, 0.15) is 23.7 Å². The van der Waals surface area contributed by atoms with Gasteiger partial charge in [-0.1, -0.05) is 0 Å². The van der Waals surface area contributed by atoms with E-state index in [2.05, 4.69) is 22.0 Å². The summed E-state index contributed by atoms with van der Waals surface area (Å²) in [6.07, 6.45) is 0.211. The van der Waals surface area contributed by atoms with Crippen LogP contribution in [0.3, 0.4) is 0 Å². The zero-order chi connectivity index (χ0) is 13.1.